The largest absolute Gasteiger partial charge is 0.462 e. The summed E-state index contributed by atoms with van der Waals surface area (Å²) in [5, 5.41) is 21.7. The van der Waals surface area contributed by atoms with Crippen molar-refractivity contribution in [3.63, 3.8) is 0 Å². The lowest BCUT2D eigenvalue weighted by Crippen LogP contribution is -2.56. The lowest BCUT2D eigenvalue weighted by molar-refractivity contribution is -0.197. The number of aliphatic hydroxyl groups excluding tert-OH is 1. The van der Waals surface area contributed by atoms with Gasteiger partial charge in [0.2, 0.25) is 5.79 Å². The van der Waals surface area contributed by atoms with Crippen LogP contribution in [0.5, 0.6) is 0 Å². The standard InChI is InChI=1S/C17H22O6/c1-8-13-14(19)16(4)9(2)12(22-10(3)18)6-5-11(16)7-17(13,21)23-15(8)20/h5,9,12,14,19,21H,6-7H2,1-4H3. The molecule has 6 nitrogen and oxygen atoms in total. The first kappa shape index (κ1) is 16.2. The topological polar surface area (TPSA) is 93.1 Å². The molecule has 1 fully saturated rings. The molecule has 3 aliphatic rings. The van der Waals surface area contributed by atoms with Gasteiger partial charge in [-0.3, -0.25) is 4.79 Å². The van der Waals surface area contributed by atoms with Crippen LogP contribution in [0.1, 0.15) is 40.5 Å². The molecule has 0 radical (unpaired) electrons. The summed E-state index contributed by atoms with van der Waals surface area (Å²) in [6, 6.07) is 0. The van der Waals surface area contributed by atoms with Gasteiger partial charge in [-0.05, 0) is 6.92 Å². The fraction of sp³-hybridized carbons (Fsp3) is 0.647. The summed E-state index contributed by atoms with van der Waals surface area (Å²) in [5.41, 5.74) is 0.587. The SMILES string of the molecule is CC(=O)OC1CC=C2CC3(O)OC(=O)C(C)=C3C(O)C2(C)C1C. The fourth-order valence-corrected chi connectivity index (χ4v) is 4.21. The van der Waals surface area contributed by atoms with Crippen LogP contribution in [0.25, 0.3) is 0 Å². The molecule has 2 aliphatic carbocycles. The zero-order chi connectivity index (χ0) is 17.2. The van der Waals surface area contributed by atoms with E-state index in [4.69, 9.17) is 9.47 Å². The maximum absolute atomic E-state index is 11.9. The minimum atomic E-state index is -1.76. The molecule has 0 spiro atoms. The van der Waals surface area contributed by atoms with Crippen molar-refractivity contribution in [1.29, 1.82) is 0 Å². The fourth-order valence-electron chi connectivity index (χ4n) is 4.21. The van der Waals surface area contributed by atoms with Crippen LogP contribution < -0.4 is 0 Å². The van der Waals surface area contributed by atoms with E-state index in [1.165, 1.54) is 6.92 Å². The van der Waals surface area contributed by atoms with Gasteiger partial charge in [-0.2, -0.15) is 0 Å². The van der Waals surface area contributed by atoms with Crippen molar-refractivity contribution in [3.8, 4) is 0 Å². The number of rotatable bonds is 1. The van der Waals surface area contributed by atoms with Crippen molar-refractivity contribution in [1.82, 2.24) is 0 Å². The van der Waals surface area contributed by atoms with Gasteiger partial charge in [0.1, 0.15) is 6.10 Å². The van der Waals surface area contributed by atoms with Gasteiger partial charge in [0.05, 0.1) is 6.10 Å². The van der Waals surface area contributed by atoms with Crippen LogP contribution in [-0.2, 0) is 19.1 Å². The molecule has 0 aromatic rings. The highest BCUT2D eigenvalue weighted by Crippen LogP contribution is 2.57. The molecule has 0 saturated heterocycles. The molecule has 0 aromatic carbocycles. The van der Waals surface area contributed by atoms with E-state index in [1.807, 2.05) is 19.9 Å². The third kappa shape index (κ3) is 2.08. The summed E-state index contributed by atoms with van der Waals surface area (Å²) in [6.07, 6.45) is 1.11. The molecule has 6 heteroatoms. The van der Waals surface area contributed by atoms with Crippen molar-refractivity contribution in [2.75, 3.05) is 0 Å². The number of hydrogen-bond acceptors (Lipinski definition) is 6. The highest BCUT2D eigenvalue weighted by Gasteiger charge is 2.61. The van der Waals surface area contributed by atoms with E-state index < -0.39 is 23.3 Å². The van der Waals surface area contributed by atoms with Crippen LogP contribution in [0.4, 0.5) is 0 Å². The molecule has 0 aromatic heterocycles. The van der Waals surface area contributed by atoms with Crippen molar-refractivity contribution >= 4 is 11.9 Å². The van der Waals surface area contributed by atoms with Crippen LogP contribution in [0.15, 0.2) is 22.8 Å². The molecule has 0 amide bonds. The minimum absolute atomic E-state index is 0.135. The predicted octanol–water partition coefficient (Wildman–Crippen LogP) is 1.22. The predicted molar refractivity (Wildman–Crippen MR) is 79.9 cm³/mol. The van der Waals surface area contributed by atoms with Crippen molar-refractivity contribution in [2.24, 2.45) is 11.3 Å². The van der Waals surface area contributed by atoms with Crippen molar-refractivity contribution < 1.29 is 29.3 Å². The molecule has 1 aliphatic heterocycles. The van der Waals surface area contributed by atoms with Gasteiger partial charge in [-0.25, -0.2) is 4.79 Å². The van der Waals surface area contributed by atoms with Crippen molar-refractivity contribution in [2.45, 2.75) is 58.5 Å². The Morgan fingerprint density at radius 3 is 2.74 bits per heavy atom. The van der Waals surface area contributed by atoms with Crippen LogP contribution in [-0.4, -0.2) is 40.1 Å². The smallest absolute Gasteiger partial charge is 0.336 e. The van der Waals surface area contributed by atoms with Crippen LogP contribution >= 0.6 is 0 Å². The number of aliphatic hydroxyl groups is 2. The van der Waals surface area contributed by atoms with Gasteiger partial charge in [0, 0.05) is 42.2 Å². The Kier molecular flexibility index (Phi) is 3.46. The van der Waals surface area contributed by atoms with Gasteiger partial charge in [-0.15, -0.1) is 0 Å². The lowest BCUT2D eigenvalue weighted by atomic mass is 9.56. The average molecular weight is 322 g/mol. The minimum Gasteiger partial charge on any atom is -0.462 e. The second-order valence-corrected chi connectivity index (χ2v) is 6.98. The molecule has 126 valence electrons. The Morgan fingerprint density at radius 2 is 2.13 bits per heavy atom. The van der Waals surface area contributed by atoms with Crippen LogP contribution in [0.2, 0.25) is 0 Å². The summed E-state index contributed by atoms with van der Waals surface area (Å²) < 4.78 is 10.5. The molecule has 5 atom stereocenters. The summed E-state index contributed by atoms with van der Waals surface area (Å²) in [5.74, 6) is -2.89. The third-order valence-corrected chi connectivity index (χ3v) is 5.77. The molecule has 0 bridgehead atoms. The van der Waals surface area contributed by atoms with E-state index in [0.717, 1.165) is 5.57 Å². The number of esters is 2. The van der Waals surface area contributed by atoms with E-state index in [2.05, 4.69) is 0 Å². The van der Waals surface area contributed by atoms with Crippen molar-refractivity contribution in [3.05, 3.63) is 22.8 Å². The molecule has 2 N–H and O–H groups in total. The normalized spacial score (nSPS) is 42.6. The number of carbonyl (C=O) groups excluding carboxylic acids is 2. The Morgan fingerprint density at radius 1 is 1.48 bits per heavy atom. The average Bonchev–Trinajstić information content (AvgIpc) is 2.67. The second kappa shape index (κ2) is 4.92. The van der Waals surface area contributed by atoms with E-state index in [9.17, 15) is 19.8 Å². The molecule has 5 unspecified atom stereocenters. The molecular weight excluding hydrogens is 300 g/mol. The van der Waals surface area contributed by atoms with E-state index >= 15 is 0 Å². The van der Waals surface area contributed by atoms with Gasteiger partial charge in [0.25, 0.3) is 0 Å². The first-order chi connectivity index (χ1) is 10.6. The Balaban J connectivity index is 2.07. The Labute approximate surface area is 134 Å². The third-order valence-electron chi connectivity index (χ3n) is 5.77. The first-order valence-corrected chi connectivity index (χ1v) is 7.83. The quantitative estimate of drug-likeness (QED) is 0.557. The van der Waals surface area contributed by atoms with Gasteiger partial charge in [0.15, 0.2) is 0 Å². The summed E-state index contributed by atoms with van der Waals surface area (Å²) in [4.78, 5) is 23.2. The zero-order valence-corrected chi connectivity index (χ0v) is 13.8. The number of carbonyl (C=O) groups is 2. The number of ether oxygens (including phenoxy) is 2. The monoisotopic (exact) mass is 322 g/mol. The Hall–Kier alpha value is -1.66. The maximum Gasteiger partial charge on any atom is 0.336 e. The van der Waals surface area contributed by atoms with Gasteiger partial charge >= 0.3 is 11.9 Å². The summed E-state index contributed by atoms with van der Waals surface area (Å²) in [7, 11) is 0. The summed E-state index contributed by atoms with van der Waals surface area (Å²) >= 11 is 0. The Bertz CT molecular complexity index is 647. The molecular formula is C17H22O6. The molecule has 1 heterocycles. The van der Waals surface area contributed by atoms with Gasteiger partial charge in [-0.1, -0.05) is 25.5 Å². The van der Waals surface area contributed by atoms with E-state index in [-0.39, 0.29) is 35.6 Å². The lowest BCUT2D eigenvalue weighted by Gasteiger charge is -2.53. The second-order valence-electron chi connectivity index (χ2n) is 6.98. The highest BCUT2D eigenvalue weighted by atomic mass is 16.7. The van der Waals surface area contributed by atoms with E-state index in [1.54, 1.807) is 6.92 Å². The first-order valence-electron chi connectivity index (χ1n) is 7.83. The molecule has 1 saturated carbocycles. The maximum atomic E-state index is 11.9. The number of hydrogen-bond donors (Lipinski definition) is 2. The molecule has 23 heavy (non-hydrogen) atoms. The van der Waals surface area contributed by atoms with Crippen LogP contribution in [0, 0.1) is 11.3 Å². The highest BCUT2D eigenvalue weighted by molar-refractivity contribution is 5.92. The number of fused-ring (bicyclic) bond motifs is 2. The van der Waals surface area contributed by atoms with Crippen LogP contribution in [0.3, 0.4) is 0 Å². The molecule has 3 rings (SSSR count). The van der Waals surface area contributed by atoms with E-state index in [0.29, 0.717) is 6.42 Å². The van der Waals surface area contributed by atoms with Gasteiger partial charge < -0.3 is 19.7 Å². The zero-order valence-electron chi connectivity index (χ0n) is 13.8. The summed E-state index contributed by atoms with van der Waals surface area (Å²) in [6.45, 7) is 6.71.